The number of amides is 1. The maximum atomic E-state index is 11.7. The molecule has 0 saturated carbocycles. The summed E-state index contributed by atoms with van der Waals surface area (Å²) in [6, 6.07) is -0.116. The molecule has 0 fully saturated rings. The Morgan fingerprint density at radius 1 is 1.53 bits per heavy atom. The SMILES string of the molecule is CCCCn1cncc1[C@@H](C)NC(=O)OC(C)(C)C. The van der Waals surface area contributed by atoms with Gasteiger partial charge in [-0.1, -0.05) is 13.3 Å². The van der Waals surface area contributed by atoms with Crippen molar-refractivity contribution >= 4 is 6.09 Å². The van der Waals surface area contributed by atoms with Gasteiger partial charge in [-0.2, -0.15) is 0 Å². The molecule has 0 aliphatic rings. The number of nitrogens with one attached hydrogen (secondary N) is 1. The zero-order valence-electron chi connectivity index (χ0n) is 12.6. The number of unbranched alkanes of at least 4 members (excludes halogenated alkanes) is 1. The highest BCUT2D eigenvalue weighted by molar-refractivity contribution is 5.68. The van der Waals surface area contributed by atoms with Crippen LogP contribution in [0.3, 0.4) is 0 Å². The van der Waals surface area contributed by atoms with E-state index in [1.807, 2.05) is 27.7 Å². The molecule has 0 aromatic carbocycles. The number of hydrogen-bond donors (Lipinski definition) is 1. The molecule has 1 N–H and O–H groups in total. The molecular weight excluding hydrogens is 242 g/mol. The van der Waals surface area contributed by atoms with Crippen molar-refractivity contribution in [3.8, 4) is 0 Å². The zero-order chi connectivity index (χ0) is 14.5. The highest BCUT2D eigenvalue weighted by Crippen LogP contribution is 2.14. The van der Waals surface area contributed by atoms with E-state index in [1.54, 1.807) is 12.5 Å². The number of nitrogens with zero attached hydrogens (tertiary/aromatic N) is 2. The fourth-order valence-electron chi connectivity index (χ4n) is 1.77. The number of rotatable bonds is 5. The molecule has 108 valence electrons. The number of hydrogen-bond acceptors (Lipinski definition) is 3. The van der Waals surface area contributed by atoms with Crippen molar-refractivity contribution in [3.63, 3.8) is 0 Å². The Kier molecular flexibility index (Phi) is 5.39. The number of aromatic nitrogens is 2. The number of imidazole rings is 1. The van der Waals surface area contributed by atoms with Gasteiger partial charge in [0.2, 0.25) is 0 Å². The average molecular weight is 267 g/mol. The molecule has 0 spiro atoms. The van der Waals surface area contributed by atoms with Crippen molar-refractivity contribution in [2.45, 2.75) is 65.6 Å². The third-order valence-corrected chi connectivity index (χ3v) is 2.67. The van der Waals surface area contributed by atoms with Crippen LogP contribution in [0.2, 0.25) is 0 Å². The molecule has 1 rings (SSSR count). The summed E-state index contributed by atoms with van der Waals surface area (Å²) in [5, 5.41) is 2.83. The molecule has 0 saturated heterocycles. The molecule has 1 aromatic heterocycles. The van der Waals surface area contributed by atoms with E-state index in [9.17, 15) is 4.79 Å². The molecule has 19 heavy (non-hydrogen) atoms. The van der Waals surface area contributed by atoms with Gasteiger partial charge in [0.1, 0.15) is 5.60 Å². The van der Waals surface area contributed by atoms with Crippen LogP contribution in [0.25, 0.3) is 0 Å². The molecule has 0 unspecified atom stereocenters. The highest BCUT2D eigenvalue weighted by Gasteiger charge is 2.19. The predicted octanol–water partition coefficient (Wildman–Crippen LogP) is 3.27. The summed E-state index contributed by atoms with van der Waals surface area (Å²) in [6.07, 6.45) is 5.42. The summed E-state index contributed by atoms with van der Waals surface area (Å²) in [4.78, 5) is 15.9. The van der Waals surface area contributed by atoms with Gasteiger partial charge in [-0.3, -0.25) is 0 Å². The first-order valence-electron chi connectivity index (χ1n) is 6.83. The smallest absolute Gasteiger partial charge is 0.408 e. The number of aryl methyl sites for hydroxylation is 1. The second-order valence-electron chi connectivity index (χ2n) is 5.73. The average Bonchev–Trinajstić information content (AvgIpc) is 2.71. The fourth-order valence-corrected chi connectivity index (χ4v) is 1.77. The molecule has 1 amide bonds. The van der Waals surface area contributed by atoms with Crippen LogP contribution in [0.5, 0.6) is 0 Å². The predicted molar refractivity (Wildman–Crippen MR) is 74.9 cm³/mol. The molecular formula is C14H25N3O2. The van der Waals surface area contributed by atoms with Gasteiger partial charge in [0.05, 0.1) is 24.3 Å². The normalized spacial score (nSPS) is 13.1. The van der Waals surface area contributed by atoms with Gasteiger partial charge in [0.15, 0.2) is 0 Å². The van der Waals surface area contributed by atoms with Crippen molar-refractivity contribution in [1.82, 2.24) is 14.9 Å². The van der Waals surface area contributed by atoms with Crippen molar-refractivity contribution < 1.29 is 9.53 Å². The molecule has 0 bridgehead atoms. The minimum absolute atomic E-state index is 0.116. The van der Waals surface area contributed by atoms with Crippen LogP contribution < -0.4 is 5.32 Å². The van der Waals surface area contributed by atoms with Crippen LogP contribution in [-0.2, 0) is 11.3 Å². The Hall–Kier alpha value is -1.52. The van der Waals surface area contributed by atoms with Crippen molar-refractivity contribution in [2.75, 3.05) is 0 Å². The van der Waals surface area contributed by atoms with Crippen LogP contribution in [0.4, 0.5) is 4.79 Å². The Labute approximate surface area is 115 Å². The number of alkyl carbamates (subject to hydrolysis) is 1. The molecule has 1 atom stereocenters. The minimum Gasteiger partial charge on any atom is -0.444 e. The summed E-state index contributed by atoms with van der Waals surface area (Å²) in [7, 11) is 0. The monoisotopic (exact) mass is 267 g/mol. The van der Waals surface area contributed by atoms with Crippen molar-refractivity contribution in [2.24, 2.45) is 0 Å². The first-order valence-corrected chi connectivity index (χ1v) is 6.83. The van der Waals surface area contributed by atoms with Gasteiger partial charge in [-0.05, 0) is 34.1 Å². The van der Waals surface area contributed by atoms with Gasteiger partial charge in [-0.15, -0.1) is 0 Å². The molecule has 0 aliphatic heterocycles. The third-order valence-electron chi connectivity index (χ3n) is 2.67. The minimum atomic E-state index is -0.480. The van der Waals surface area contributed by atoms with E-state index in [1.165, 1.54) is 0 Å². The van der Waals surface area contributed by atoms with Gasteiger partial charge in [0.25, 0.3) is 0 Å². The molecule has 5 heteroatoms. The van der Waals surface area contributed by atoms with Crippen molar-refractivity contribution in [1.29, 1.82) is 0 Å². The highest BCUT2D eigenvalue weighted by atomic mass is 16.6. The fraction of sp³-hybridized carbons (Fsp3) is 0.714. The molecule has 1 heterocycles. The third kappa shape index (κ3) is 5.32. The van der Waals surface area contributed by atoms with Crippen LogP contribution in [0.1, 0.15) is 59.2 Å². The lowest BCUT2D eigenvalue weighted by Crippen LogP contribution is -2.34. The Balaban J connectivity index is 2.60. The second kappa shape index (κ2) is 6.59. The van der Waals surface area contributed by atoms with E-state index < -0.39 is 11.7 Å². The lowest BCUT2D eigenvalue weighted by molar-refractivity contribution is 0.0506. The topological polar surface area (TPSA) is 56.2 Å². The van der Waals surface area contributed by atoms with Crippen LogP contribution in [0, 0.1) is 0 Å². The van der Waals surface area contributed by atoms with Crippen molar-refractivity contribution in [3.05, 3.63) is 18.2 Å². The van der Waals surface area contributed by atoms with Gasteiger partial charge < -0.3 is 14.6 Å². The van der Waals surface area contributed by atoms with E-state index >= 15 is 0 Å². The largest absolute Gasteiger partial charge is 0.444 e. The van der Waals surface area contributed by atoms with Gasteiger partial charge >= 0.3 is 6.09 Å². The van der Waals surface area contributed by atoms with Crippen LogP contribution in [0.15, 0.2) is 12.5 Å². The molecule has 0 aliphatic carbocycles. The summed E-state index contributed by atoms with van der Waals surface area (Å²) in [6.45, 7) is 10.6. The Morgan fingerprint density at radius 3 is 2.79 bits per heavy atom. The van der Waals surface area contributed by atoms with Crippen LogP contribution >= 0.6 is 0 Å². The molecule has 5 nitrogen and oxygen atoms in total. The maximum Gasteiger partial charge on any atom is 0.408 e. The number of ether oxygens (including phenoxy) is 1. The Bertz CT molecular complexity index is 407. The van der Waals surface area contributed by atoms with Gasteiger partial charge in [0, 0.05) is 6.54 Å². The summed E-state index contributed by atoms with van der Waals surface area (Å²) >= 11 is 0. The lowest BCUT2D eigenvalue weighted by Gasteiger charge is -2.22. The van der Waals surface area contributed by atoms with E-state index in [2.05, 4.69) is 21.8 Å². The molecule has 0 radical (unpaired) electrons. The first kappa shape index (κ1) is 15.5. The lowest BCUT2D eigenvalue weighted by atomic mass is 10.2. The van der Waals surface area contributed by atoms with Crippen LogP contribution in [-0.4, -0.2) is 21.2 Å². The standard InChI is InChI=1S/C14H25N3O2/c1-6-7-8-17-10-15-9-12(17)11(2)16-13(18)19-14(3,4)5/h9-11H,6-8H2,1-5H3,(H,16,18)/t11-/m1/s1. The number of carbonyl (C=O) groups excluding carboxylic acids is 1. The Morgan fingerprint density at radius 2 is 2.21 bits per heavy atom. The van der Waals surface area contributed by atoms with E-state index in [0.717, 1.165) is 25.1 Å². The quantitative estimate of drug-likeness (QED) is 0.890. The second-order valence-corrected chi connectivity index (χ2v) is 5.73. The number of carbonyl (C=O) groups is 1. The summed E-state index contributed by atoms with van der Waals surface area (Å²) < 4.78 is 7.32. The molecule has 1 aromatic rings. The van der Waals surface area contributed by atoms with Gasteiger partial charge in [-0.25, -0.2) is 9.78 Å². The van der Waals surface area contributed by atoms with E-state index in [0.29, 0.717) is 0 Å². The maximum absolute atomic E-state index is 11.7. The van der Waals surface area contributed by atoms with E-state index in [4.69, 9.17) is 4.74 Å². The zero-order valence-corrected chi connectivity index (χ0v) is 12.6. The van der Waals surface area contributed by atoms with E-state index in [-0.39, 0.29) is 6.04 Å². The summed E-state index contributed by atoms with van der Waals surface area (Å²) in [5.74, 6) is 0. The first-order chi connectivity index (χ1) is 8.83. The summed E-state index contributed by atoms with van der Waals surface area (Å²) in [5.41, 5.74) is 0.519.